The molecule has 0 spiro atoms. The number of aryl methyl sites for hydroxylation is 1. The summed E-state index contributed by atoms with van der Waals surface area (Å²) in [5.74, 6) is -1.22. The molecule has 34 nitrogen and oxygen atoms in total. The quantitative estimate of drug-likeness (QED) is 0.0111. The lowest BCUT2D eigenvalue weighted by Crippen LogP contribution is -2.46. The topological polar surface area (TPSA) is 495 Å². The molecule has 0 radical (unpaired) electrons. The molecule has 0 saturated carbocycles. The highest BCUT2D eigenvalue weighted by Gasteiger charge is 2.49. The van der Waals surface area contributed by atoms with E-state index in [0.717, 1.165) is 21.8 Å². The largest absolute Gasteiger partial charge is 0.756 e. The minimum Gasteiger partial charge on any atom is -0.756 e. The van der Waals surface area contributed by atoms with E-state index in [2.05, 4.69) is 52.4 Å². The van der Waals surface area contributed by atoms with E-state index in [1.807, 2.05) is 0 Å². The average molecular weight is 1050 g/mol. The van der Waals surface area contributed by atoms with E-state index in [4.69, 9.17) is 19.9 Å². The lowest BCUT2D eigenvalue weighted by Gasteiger charge is -2.37. The van der Waals surface area contributed by atoms with Gasteiger partial charge in [0.2, 0.25) is 17.7 Å². The van der Waals surface area contributed by atoms with Gasteiger partial charge in [-0.05, 0) is 17.0 Å². The summed E-state index contributed by atoms with van der Waals surface area (Å²) in [6.07, 6.45) is -14.8. The Morgan fingerprint density at radius 1 is 0.971 bits per heavy atom. The number of nitrogens with one attached hydrogen (secondary N) is 2. The summed E-state index contributed by atoms with van der Waals surface area (Å²) >= 11 is 0. The van der Waals surface area contributed by atoms with Crippen LogP contribution in [0.1, 0.15) is 44.9 Å². The second-order valence-corrected chi connectivity index (χ2v) is 20.8. The van der Waals surface area contributed by atoms with Gasteiger partial charge in [0, 0.05) is 6.10 Å². The first-order valence-corrected chi connectivity index (χ1v) is 24.2. The molecule has 6 unspecified atom stereocenters. The van der Waals surface area contributed by atoms with Crippen LogP contribution in [-0.2, 0) is 52.6 Å². The van der Waals surface area contributed by atoms with Crippen molar-refractivity contribution in [3.8, 4) is 5.75 Å². The van der Waals surface area contributed by atoms with Crippen molar-refractivity contribution in [1.29, 1.82) is 0 Å². The minimum atomic E-state index is -6.42. The number of imidazole rings is 2. The molecule has 2 fully saturated rings. The maximum absolute atomic E-state index is 13.2. The number of para-hydroxylation sites is 1. The van der Waals surface area contributed by atoms with Crippen LogP contribution in [0, 0.1) is 15.5 Å². The van der Waals surface area contributed by atoms with Crippen LogP contribution in [0.15, 0.2) is 51.5 Å². The highest BCUT2D eigenvalue weighted by molar-refractivity contribution is 7.65. The number of anilines is 1. The molecule has 2 saturated heterocycles. The Bertz CT molecular complexity index is 3100. The lowest BCUT2D eigenvalue weighted by molar-refractivity contribution is -0.745. The molecule has 0 aliphatic carbocycles. The van der Waals surface area contributed by atoms with E-state index in [9.17, 15) is 73.6 Å². The number of phosphoric ester groups is 2. The van der Waals surface area contributed by atoms with Crippen LogP contribution in [0.4, 0.5) is 11.9 Å². The number of aliphatic hydroxyl groups excluding tert-OH is 4. The van der Waals surface area contributed by atoms with E-state index < -0.39 is 126 Å². The molecule has 0 bridgehead atoms. The summed E-state index contributed by atoms with van der Waals surface area (Å²) in [7, 11) is -17.1. The normalized spacial score (nSPS) is 26.2. The molecule has 5 aromatic rings. The summed E-state index contributed by atoms with van der Waals surface area (Å²) in [5, 5.41) is 66.1. The molecular formula is C33H40N11O23P3-2. The van der Waals surface area contributed by atoms with Crippen LogP contribution in [0.2, 0.25) is 0 Å². The number of benzene rings is 1. The fourth-order valence-corrected chi connectivity index (χ4v) is 10.6. The highest BCUT2D eigenvalue weighted by atomic mass is 31.3. The van der Waals surface area contributed by atoms with Gasteiger partial charge in [-0.25, -0.2) is 22.7 Å². The van der Waals surface area contributed by atoms with Crippen LogP contribution >= 0.6 is 23.5 Å². The molecule has 4 aromatic heterocycles. The predicted octanol–water partition coefficient (Wildman–Crippen LogP) is -3.67. The molecular weight excluding hydrogens is 1010 g/mol. The number of aromatic amines is 2. The van der Waals surface area contributed by atoms with E-state index >= 15 is 0 Å². The van der Waals surface area contributed by atoms with Gasteiger partial charge in [0.05, 0.1) is 26.6 Å². The Balaban J connectivity index is 0.986. The van der Waals surface area contributed by atoms with Crippen molar-refractivity contribution >= 4 is 63.8 Å². The molecule has 2 aliphatic rings. The van der Waals surface area contributed by atoms with Gasteiger partial charge in [0.15, 0.2) is 29.8 Å². The molecule has 382 valence electrons. The van der Waals surface area contributed by atoms with Gasteiger partial charge in [-0.2, -0.15) is 9.98 Å². The maximum Gasteiger partial charge on any atom is 0.478 e. The fraction of sp³-hybridized carbons (Fsp3) is 0.485. The predicted molar refractivity (Wildman–Crippen MR) is 219 cm³/mol. The number of aliphatic hydroxyl groups is 4. The highest BCUT2D eigenvalue weighted by Crippen LogP contribution is 2.64. The van der Waals surface area contributed by atoms with Crippen LogP contribution in [0.5, 0.6) is 5.75 Å². The number of H-pyrrole nitrogens is 2. The van der Waals surface area contributed by atoms with E-state index in [0.29, 0.717) is 0 Å². The van der Waals surface area contributed by atoms with Crippen molar-refractivity contribution in [3.63, 3.8) is 0 Å². The Morgan fingerprint density at radius 3 is 2.31 bits per heavy atom. The van der Waals surface area contributed by atoms with Gasteiger partial charge in [0.1, 0.15) is 42.4 Å². The molecule has 6 heterocycles. The first-order valence-electron chi connectivity index (χ1n) is 19.8. The van der Waals surface area contributed by atoms with Gasteiger partial charge in [-0.15, -0.1) is 10.1 Å². The molecule has 70 heavy (non-hydrogen) atoms. The van der Waals surface area contributed by atoms with Gasteiger partial charge < -0.3 is 64.7 Å². The molecule has 9 N–H and O–H groups in total. The van der Waals surface area contributed by atoms with Crippen molar-refractivity contribution < 1.29 is 100 Å². The number of ether oxygens (including phenoxy) is 3. The first-order chi connectivity index (χ1) is 32.5. The van der Waals surface area contributed by atoms with Crippen molar-refractivity contribution in [2.75, 3.05) is 18.9 Å². The van der Waals surface area contributed by atoms with Crippen molar-refractivity contribution in [2.24, 2.45) is 17.5 Å². The first kappa shape index (κ1) is 52.2. The Hall–Kier alpha value is -5.64. The van der Waals surface area contributed by atoms with Gasteiger partial charge in [0.25, 0.3) is 31.9 Å². The Kier molecular flexibility index (Phi) is 14.6. The van der Waals surface area contributed by atoms with Gasteiger partial charge in [-0.1, -0.05) is 44.0 Å². The smallest absolute Gasteiger partial charge is 0.478 e. The summed E-state index contributed by atoms with van der Waals surface area (Å²) in [6.45, 7) is 2.48. The third-order valence-electron chi connectivity index (χ3n) is 10.2. The van der Waals surface area contributed by atoms with Gasteiger partial charge in [-0.3, -0.25) is 47.2 Å². The number of hydrogen-bond acceptors (Lipinski definition) is 27. The number of rotatable bonds is 17. The minimum absolute atomic E-state index is 0.105. The number of nitrogens with zero attached hydrogens (tertiary/aromatic N) is 8. The van der Waals surface area contributed by atoms with Crippen molar-refractivity contribution in [1.82, 2.24) is 34.1 Å². The third kappa shape index (κ3) is 11.3. The standard InChI is InChI=1S/C33H42N11O23P3/c1-33(2,3)23(13-7-5-6-8-14(13)65-44(52)53)64-32(51)40-31-37-25-18(27(50)39-31)41(4)12-43(25)29-22(48)20(46)16(63-29)10-61-69(56,57)67-70(58,59)66-68(54,55)60-9-15-19(45)21(47)28(62-15)42-11-35-17-24(42)36-30(34)38-26(17)49/h5-8,11-12,15-16,19-23,28-29,45-48H,9-10H2,1-4H3,(H7-,34,36,37,38,39,40,49,50,51,54,55,56,57,58,59)/p-2/t15-,16-,19+,20+,21?,22?,23?,28-,29-/m1/s1. The maximum atomic E-state index is 13.2. The summed E-state index contributed by atoms with van der Waals surface area (Å²) in [6, 6.07) is 5.67. The lowest BCUT2D eigenvalue weighted by atomic mass is 9.84. The molecule has 0 amide bonds. The molecule has 37 heteroatoms. The molecule has 2 aliphatic heterocycles. The number of nitrogens with two attached hydrogens (primary N) is 1. The molecule has 7 rings (SSSR count). The number of hydrogen-bond donors (Lipinski definition) is 8. The number of aromatic nitrogens is 8. The third-order valence-corrected chi connectivity index (χ3v) is 14.4. The second-order valence-electron chi connectivity index (χ2n) is 16.3. The van der Waals surface area contributed by atoms with Gasteiger partial charge >= 0.3 is 19.4 Å². The van der Waals surface area contributed by atoms with Crippen LogP contribution < -0.4 is 41.2 Å². The van der Waals surface area contributed by atoms with Crippen LogP contribution in [-0.4, -0.2) is 120 Å². The average Bonchev–Trinajstić information content (AvgIpc) is 3.96. The SMILES string of the molecule is Cn1c[n+]([C@@H]2O[C@H](COP(=O)([O-])OP(=O)([O-])OP(=O)(O)OC[C@H]3O[C@@H](n4cnc5c(=O)[nH]c(N)nc54)C(O)[C@H]3O)[C@H](O)C2O)c2nc(/N=C(\[O-])OC(c3ccccc3O[N+](=O)[O-])C(C)(C)C)[nH]c(=O)c21. The van der Waals surface area contributed by atoms with E-state index in [-0.39, 0.29) is 39.6 Å². The van der Waals surface area contributed by atoms with Crippen LogP contribution in [0.25, 0.3) is 22.3 Å². The summed E-state index contributed by atoms with van der Waals surface area (Å²) in [5.41, 5.74) is 2.13. The number of phosphoric acid groups is 3. The van der Waals surface area contributed by atoms with Crippen LogP contribution in [0.3, 0.4) is 0 Å². The number of nitrogen functional groups attached to an aromatic ring is 1. The summed E-state index contributed by atoms with van der Waals surface area (Å²) < 4.78 is 74.4. The zero-order valence-electron chi connectivity index (χ0n) is 36.2. The zero-order valence-corrected chi connectivity index (χ0v) is 38.8. The Morgan fingerprint density at radius 2 is 1.63 bits per heavy atom. The zero-order chi connectivity index (χ0) is 51.4. The number of fused-ring (bicyclic) bond motifs is 2. The molecule has 1 aromatic carbocycles. The second kappa shape index (κ2) is 19.5. The summed E-state index contributed by atoms with van der Waals surface area (Å²) in [4.78, 5) is 96.4. The molecule has 12 atom stereocenters. The monoisotopic (exact) mass is 1050 g/mol. The van der Waals surface area contributed by atoms with Crippen molar-refractivity contribution in [3.05, 3.63) is 73.3 Å². The van der Waals surface area contributed by atoms with Crippen molar-refractivity contribution in [2.45, 2.75) is 76.0 Å². The fourth-order valence-electron chi connectivity index (χ4n) is 7.23. The Labute approximate surface area is 389 Å². The van der Waals surface area contributed by atoms with E-state index in [1.54, 1.807) is 20.8 Å². The number of aliphatic imine (C=N–C) groups is 1. The van der Waals surface area contributed by atoms with E-state index in [1.165, 1.54) is 35.9 Å².